The second-order valence-electron chi connectivity index (χ2n) is 1.52. The van der Waals surface area contributed by atoms with E-state index < -0.39 is 0 Å². The third-order valence-electron chi connectivity index (χ3n) is 0.902. The number of hydrogen-bond acceptors (Lipinski definition) is 4. The van der Waals surface area contributed by atoms with Crippen molar-refractivity contribution >= 4 is 6.21 Å². The number of nitrogens with one attached hydrogen (secondary N) is 1. The third-order valence-corrected chi connectivity index (χ3v) is 0.902. The minimum atomic E-state index is 0.510. The summed E-state index contributed by atoms with van der Waals surface area (Å²) in [5, 5.41) is 2.77. The molecule has 0 aromatic heterocycles. The largest absolute Gasteiger partial charge is 0.395 e. The molecule has 5 N–H and O–H groups in total. The molecular formula is C4H8N4. The standard InChI is InChI=1S/C4H8N4/c5-3-1-7-2-8-4(3)6/h1,8H,2,5-6H2. The lowest BCUT2D eigenvalue weighted by atomic mass is 10.4. The fourth-order valence-corrected chi connectivity index (χ4v) is 0.446. The maximum atomic E-state index is 5.33. The van der Waals surface area contributed by atoms with Crippen LogP contribution in [0, 0.1) is 0 Å². The van der Waals surface area contributed by atoms with Crippen molar-refractivity contribution in [3.63, 3.8) is 0 Å². The first kappa shape index (κ1) is 4.96. The van der Waals surface area contributed by atoms with Crippen LogP contribution < -0.4 is 16.8 Å². The zero-order valence-electron chi connectivity index (χ0n) is 4.39. The topological polar surface area (TPSA) is 76.4 Å². The summed E-state index contributed by atoms with van der Waals surface area (Å²) in [7, 11) is 0. The molecule has 1 heterocycles. The van der Waals surface area contributed by atoms with E-state index in [-0.39, 0.29) is 0 Å². The van der Waals surface area contributed by atoms with E-state index in [0.717, 1.165) is 0 Å². The summed E-state index contributed by atoms with van der Waals surface area (Å²) in [6.07, 6.45) is 1.55. The molecule has 0 radical (unpaired) electrons. The minimum Gasteiger partial charge on any atom is -0.395 e. The maximum Gasteiger partial charge on any atom is 0.123 e. The SMILES string of the molecule is NC1=C(N)NCN=C1. The van der Waals surface area contributed by atoms with Crippen LogP contribution in [0.2, 0.25) is 0 Å². The van der Waals surface area contributed by atoms with Crippen LogP contribution in [-0.4, -0.2) is 12.9 Å². The van der Waals surface area contributed by atoms with E-state index >= 15 is 0 Å². The number of allylic oxidation sites excluding steroid dienone is 1. The molecule has 4 heteroatoms. The van der Waals surface area contributed by atoms with E-state index in [4.69, 9.17) is 11.5 Å². The summed E-state index contributed by atoms with van der Waals surface area (Å²) in [4.78, 5) is 3.81. The summed E-state index contributed by atoms with van der Waals surface area (Å²) in [6.45, 7) is 0.534. The molecule has 0 spiro atoms. The smallest absolute Gasteiger partial charge is 0.123 e. The van der Waals surface area contributed by atoms with Crippen LogP contribution in [0.3, 0.4) is 0 Å². The van der Waals surface area contributed by atoms with Gasteiger partial charge in [-0.05, 0) is 0 Å². The fraction of sp³-hybridized carbons (Fsp3) is 0.250. The number of aliphatic imine (C=N–C) groups is 1. The van der Waals surface area contributed by atoms with Gasteiger partial charge in [0.15, 0.2) is 0 Å². The Balaban J connectivity index is 2.76. The van der Waals surface area contributed by atoms with Crippen molar-refractivity contribution in [3.8, 4) is 0 Å². The van der Waals surface area contributed by atoms with Gasteiger partial charge in [-0.2, -0.15) is 0 Å². The Bertz CT molecular complexity index is 146. The number of hydrogen-bond donors (Lipinski definition) is 3. The van der Waals surface area contributed by atoms with Gasteiger partial charge in [0.25, 0.3) is 0 Å². The molecule has 0 atom stereocenters. The van der Waals surface area contributed by atoms with E-state index in [1.165, 1.54) is 0 Å². The van der Waals surface area contributed by atoms with Gasteiger partial charge in [0.1, 0.15) is 12.5 Å². The molecule has 4 nitrogen and oxygen atoms in total. The second kappa shape index (κ2) is 1.73. The van der Waals surface area contributed by atoms with Crippen molar-refractivity contribution in [2.75, 3.05) is 6.67 Å². The summed E-state index contributed by atoms with van der Waals surface area (Å²) in [5.41, 5.74) is 11.2. The van der Waals surface area contributed by atoms with E-state index in [1.54, 1.807) is 6.21 Å². The van der Waals surface area contributed by atoms with Crippen molar-refractivity contribution in [2.24, 2.45) is 16.5 Å². The molecule has 8 heavy (non-hydrogen) atoms. The van der Waals surface area contributed by atoms with Gasteiger partial charge >= 0.3 is 0 Å². The van der Waals surface area contributed by atoms with Crippen LogP contribution >= 0.6 is 0 Å². The van der Waals surface area contributed by atoms with Crippen molar-refractivity contribution in [2.45, 2.75) is 0 Å². The Hall–Kier alpha value is -1.19. The first-order chi connectivity index (χ1) is 3.80. The normalized spacial score (nSPS) is 18.5. The third kappa shape index (κ3) is 0.726. The molecular weight excluding hydrogens is 104 g/mol. The van der Waals surface area contributed by atoms with Crippen molar-refractivity contribution in [1.29, 1.82) is 0 Å². The van der Waals surface area contributed by atoms with Crippen LogP contribution in [0.1, 0.15) is 0 Å². The van der Waals surface area contributed by atoms with Gasteiger partial charge in [-0.1, -0.05) is 0 Å². The van der Waals surface area contributed by atoms with Crippen molar-refractivity contribution in [3.05, 3.63) is 11.5 Å². The summed E-state index contributed by atoms with van der Waals surface area (Å²) >= 11 is 0. The monoisotopic (exact) mass is 112 g/mol. The predicted molar refractivity (Wildman–Crippen MR) is 31.9 cm³/mol. The van der Waals surface area contributed by atoms with Gasteiger partial charge < -0.3 is 16.8 Å². The van der Waals surface area contributed by atoms with Crippen LogP contribution in [0.25, 0.3) is 0 Å². The fourth-order valence-electron chi connectivity index (χ4n) is 0.446. The van der Waals surface area contributed by atoms with Crippen molar-refractivity contribution in [1.82, 2.24) is 5.32 Å². The molecule has 0 unspecified atom stereocenters. The molecule has 1 aliphatic heterocycles. The number of nitrogens with two attached hydrogens (primary N) is 2. The molecule has 0 saturated heterocycles. The quantitative estimate of drug-likeness (QED) is 0.364. The van der Waals surface area contributed by atoms with E-state index in [2.05, 4.69) is 10.3 Å². The van der Waals surface area contributed by atoms with Crippen LogP contribution in [-0.2, 0) is 0 Å². The Labute approximate surface area is 47.3 Å². The minimum absolute atomic E-state index is 0.510. The highest BCUT2D eigenvalue weighted by Crippen LogP contribution is 1.87. The van der Waals surface area contributed by atoms with Gasteiger partial charge in [-0.15, -0.1) is 0 Å². The highest BCUT2D eigenvalue weighted by Gasteiger charge is 1.97. The van der Waals surface area contributed by atoms with Crippen LogP contribution in [0.5, 0.6) is 0 Å². The van der Waals surface area contributed by atoms with Crippen LogP contribution in [0.4, 0.5) is 0 Å². The molecule has 0 amide bonds. The summed E-state index contributed by atoms with van der Waals surface area (Å²) in [5.74, 6) is 0.514. The van der Waals surface area contributed by atoms with Gasteiger partial charge in [-0.3, -0.25) is 4.99 Å². The van der Waals surface area contributed by atoms with Gasteiger partial charge in [0, 0.05) is 0 Å². The molecule has 0 saturated carbocycles. The zero-order valence-corrected chi connectivity index (χ0v) is 4.39. The molecule has 0 aromatic carbocycles. The lowest BCUT2D eigenvalue weighted by Gasteiger charge is -2.08. The Morgan fingerprint density at radius 3 is 2.75 bits per heavy atom. The Morgan fingerprint density at radius 2 is 2.38 bits per heavy atom. The average molecular weight is 112 g/mol. The number of rotatable bonds is 0. The van der Waals surface area contributed by atoms with Gasteiger partial charge in [0.05, 0.1) is 11.9 Å². The Kier molecular flexibility index (Phi) is 1.07. The summed E-state index contributed by atoms with van der Waals surface area (Å²) < 4.78 is 0. The van der Waals surface area contributed by atoms with E-state index in [9.17, 15) is 0 Å². The van der Waals surface area contributed by atoms with E-state index in [0.29, 0.717) is 18.2 Å². The molecule has 0 fully saturated rings. The number of nitrogens with zero attached hydrogens (tertiary/aromatic N) is 1. The highest BCUT2D eigenvalue weighted by atomic mass is 15.1. The Morgan fingerprint density at radius 1 is 1.62 bits per heavy atom. The lowest BCUT2D eigenvalue weighted by molar-refractivity contribution is 0.793. The average Bonchev–Trinajstić information content (AvgIpc) is 1.77. The van der Waals surface area contributed by atoms with Gasteiger partial charge in [0.2, 0.25) is 0 Å². The second-order valence-corrected chi connectivity index (χ2v) is 1.52. The first-order valence-electron chi connectivity index (χ1n) is 2.29. The molecule has 1 aliphatic rings. The molecule has 0 aliphatic carbocycles. The highest BCUT2D eigenvalue weighted by molar-refractivity contribution is 5.78. The maximum absolute atomic E-state index is 5.33. The molecule has 1 rings (SSSR count). The predicted octanol–water partition coefficient (Wildman–Crippen LogP) is -1.30. The lowest BCUT2D eigenvalue weighted by Crippen LogP contribution is -2.28. The zero-order chi connectivity index (χ0) is 5.98. The first-order valence-corrected chi connectivity index (χ1v) is 2.29. The van der Waals surface area contributed by atoms with Crippen LogP contribution in [0.15, 0.2) is 16.5 Å². The van der Waals surface area contributed by atoms with Gasteiger partial charge in [-0.25, -0.2) is 0 Å². The molecule has 0 bridgehead atoms. The molecule has 44 valence electrons. The molecule has 0 aromatic rings. The summed E-state index contributed by atoms with van der Waals surface area (Å²) in [6, 6.07) is 0. The van der Waals surface area contributed by atoms with Crippen molar-refractivity contribution < 1.29 is 0 Å². The van der Waals surface area contributed by atoms with E-state index in [1.807, 2.05) is 0 Å².